The summed E-state index contributed by atoms with van der Waals surface area (Å²) in [6, 6.07) is 8.68. The molecule has 0 bridgehead atoms. The Morgan fingerprint density at radius 2 is 2.18 bits per heavy atom. The lowest BCUT2D eigenvalue weighted by Gasteiger charge is -2.03. The fourth-order valence-electron chi connectivity index (χ4n) is 1.16. The summed E-state index contributed by atoms with van der Waals surface area (Å²) in [6.07, 6.45) is 0. The molecule has 5 nitrogen and oxygen atoms in total. The quantitative estimate of drug-likeness (QED) is 0.903. The maximum Gasteiger partial charge on any atom is 0.286 e. The zero-order chi connectivity index (χ0) is 12.3. The van der Waals surface area contributed by atoms with Gasteiger partial charge in [-0.25, -0.2) is 0 Å². The largest absolute Gasteiger partial charge is 0.319 e. The lowest BCUT2D eigenvalue weighted by molar-refractivity contribution is 0.102. The molecule has 0 saturated heterocycles. The van der Waals surface area contributed by atoms with Gasteiger partial charge in [0, 0.05) is 0 Å². The van der Waals surface area contributed by atoms with Crippen LogP contribution in [0.4, 0.5) is 5.69 Å². The molecule has 0 saturated carbocycles. The molecule has 0 radical (unpaired) electrons. The highest BCUT2D eigenvalue weighted by Gasteiger charge is 2.13. The van der Waals surface area contributed by atoms with E-state index >= 15 is 0 Å². The van der Waals surface area contributed by atoms with Gasteiger partial charge in [0.15, 0.2) is 0 Å². The number of anilines is 1. The Morgan fingerprint density at radius 3 is 2.82 bits per heavy atom. The molecule has 1 N–H and O–H groups in total. The Bertz CT molecular complexity index is 604. The molecule has 2 rings (SSSR count). The molecule has 2 aromatic rings. The maximum absolute atomic E-state index is 11.7. The van der Waals surface area contributed by atoms with Crippen LogP contribution in [0.5, 0.6) is 0 Å². The van der Waals surface area contributed by atoms with E-state index in [1.807, 2.05) is 6.07 Å². The van der Waals surface area contributed by atoms with Crippen molar-refractivity contribution in [2.45, 2.75) is 0 Å². The first-order chi connectivity index (χ1) is 8.20. The maximum atomic E-state index is 11.7. The molecule has 7 heteroatoms. The lowest BCUT2D eigenvalue weighted by atomic mass is 10.2. The first-order valence-electron chi connectivity index (χ1n) is 4.50. The lowest BCUT2D eigenvalue weighted by Crippen LogP contribution is -2.12. The van der Waals surface area contributed by atoms with E-state index in [0.29, 0.717) is 11.3 Å². The van der Waals surface area contributed by atoms with E-state index in [0.717, 1.165) is 11.3 Å². The van der Waals surface area contributed by atoms with Gasteiger partial charge in [-0.15, -0.1) is 10.2 Å². The average Bonchev–Trinajstić information content (AvgIpc) is 2.77. The molecule has 0 aliphatic rings. The number of nitrogens with one attached hydrogen (secondary N) is 1. The number of hydrogen-bond acceptors (Lipinski definition) is 5. The zero-order valence-electron chi connectivity index (χ0n) is 8.35. The van der Waals surface area contributed by atoms with Crippen molar-refractivity contribution in [3.63, 3.8) is 0 Å². The van der Waals surface area contributed by atoms with E-state index in [1.54, 1.807) is 24.3 Å². The normalized spacial score (nSPS) is 9.65. The number of hydrogen-bond donors (Lipinski definition) is 1. The van der Waals surface area contributed by atoms with Crippen molar-refractivity contribution in [1.82, 2.24) is 10.2 Å². The smallest absolute Gasteiger partial charge is 0.286 e. The van der Waals surface area contributed by atoms with Crippen LogP contribution in [0.3, 0.4) is 0 Å². The predicted molar refractivity (Wildman–Crippen MR) is 64.0 cm³/mol. The third-order valence-electron chi connectivity index (χ3n) is 1.89. The van der Waals surface area contributed by atoms with Crippen LogP contribution in [0.25, 0.3) is 0 Å². The molecular weight excluding hydrogens is 260 g/mol. The molecule has 0 spiro atoms. The molecule has 0 aliphatic carbocycles. The number of carbonyl (C=O) groups is 1. The molecule has 84 valence electrons. The van der Waals surface area contributed by atoms with Crippen molar-refractivity contribution in [2.75, 3.05) is 5.32 Å². The first-order valence-corrected chi connectivity index (χ1v) is 5.69. The predicted octanol–water partition coefficient (Wildman–Crippen LogP) is 2.32. The van der Waals surface area contributed by atoms with Crippen LogP contribution < -0.4 is 5.32 Å². The summed E-state index contributed by atoms with van der Waals surface area (Å²) in [5.41, 5.74) is 0.822. The van der Waals surface area contributed by atoms with Crippen molar-refractivity contribution in [1.29, 1.82) is 5.26 Å². The van der Waals surface area contributed by atoms with E-state index in [-0.39, 0.29) is 9.47 Å². The third kappa shape index (κ3) is 2.58. The van der Waals surface area contributed by atoms with Gasteiger partial charge in [-0.3, -0.25) is 4.79 Å². The highest BCUT2D eigenvalue weighted by molar-refractivity contribution is 7.17. The van der Waals surface area contributed by atoms with Crippen LogP contribution in [0.1, 0.15) is 15.4 Å². The minimum Gasteiger partial charge on any atom is -0.319 e. The van der Waals surface area contributed by atoms with Crippen molar-refractivity contribution in [3.8, 4) is 6.07 Å². The SMILES string of the molecule is N#Cc1ccccc1NC(=O)c1nnc(Cl)s1. The molecule has 0 aliphatic heterocycles. The molecule has 0 atom stereocenters. The third-order valence-corrected chi connectivity index (χ3v) is 2.91. The van der Waals surface area contributed by atoms with Gasteiger partial charge in [0.2, 0.25) is 9.47 Å². The number of benzene rings is 1. The summed E-state index contributed by atoms with van der Waals surface area (Å²) in [6.45, 7) is 0. The van der Waals surface area contributed by atoms with Gasteiger partial charge in [-0.05, 0) is 23.7 Å². The van der Waals surface area contributed by atoms with Gasteiger partial charge >= 0.3 is 0 Å². The van der Waals surface area contributed by atoms with Crippen LogP contribution in [-0.4, -0.2) is 16.1 Å². The van der Waals surface area contributed by atoms with Crippen LogP contribution >= 0.6 is 22.9 Å². The second-order valence-corrected chi connectivity index (χ2v) is 4.53. The summed E-state index contributed by atoms with van der Waals surface area (Å²) in [4.78, 5) is 11.7. The number of nitriles is 1. The Kier molecular flexibility index (Phi) is 3.32. The van der Waals surface area contributed by atoms with Gasteiger partial charge in [0.1, 0.15) is 6.07 Å². The number of nitrogens with zero attached hydrogens (tertiary/aromatic N) is 3. The van der Waals surface area contributed by atoms with E-state index in [1.165, 1.54) is 0 Å². The summed E-state index contributed by atoms with van der Waals surface area (Å²) in [7, 11) is 0. The number of para-hydroxylation sites is 1. The number of halogens is 1. The van der Waals surface area contributed by atoms with Gasteiger partial charge in [0.05, 0.1) is 11.3 Å². The standard InChI is InChI=1S/C10H5ClN4OS/c11-10-15-14-9(17-10)8(16)13-7-4-2-1-3-6(7)5-12/h1-4H,(H,13,16). The number of amides is 1. The monoisotopic (exact) mass is 264 g/mol. The van der Waals surface area contributed by atoms with E-state index < -0.39 is 5.91 Å². The molecule has 0 unspecified atom stereocenters. The van der Waals surface area contributed by atoms with Crippen LogP contribution in [0.15, 0.2) is 24.3 Å². The van der Waals surface area contributed by atoms with Gasteiger partial charge < -0.3 is 5.32 Å². The van der Waals surface area contributed by atoms with E-state index in [4.69, 9.17) is 16.9 Å². The highest BCUT2D eigenvalue weighted by atomic mass is 35.5. The minimum atomic E-state index is -0.433. The van der Waals surface area contributed by atoms with Crippen LogP contribution in [0, 0.1) is 11.3 Å². The molecule has 0 fully saturated rings. The first kappa shape index (κ1) is 11.5. The fraction of sp³-hybridized carbons (Fsp3) is 0. The Morgan fingerprint density at radius 1 is 1.41 bits per heavy atom. The summed E-state index contributed by atoms with van der Waals surface area (Å²) < 4.78 is 0.198. The Balaban J connectivity index is 2.22. The number of aromatic nitrogens is 2. The molecular formula is C10H5ClN4OS. The molecule has 1 amide bonds. The van der Waals surface area contributed by atoms with Gasteiger partial charge in [0.25, 0.3) is 5.91 Å². The summed E-state index contributed by atoms with van der Waals surface area (Å²) in [5.74, 6) is -0.433. The fourth-order valence-corrected chi connectivity index (χ4v) is 1.89. The van der Waals surface area contributed by atoms with Crippen molar-refractivity contribution < 1.29 is 4.79 Å². The molecule has 17 heavy (non-hydrogen) atoms. The summed E-state index contributed by atoms with van der Waals surface area (Å²) in [5, 5.41) is 18.7. The molecule has 1 aromatic heterocycles. The van der Waals surface area contributed by atoms with Gasteiger partial charge in [-0.2, -0.15) is 5.26 Å². The Hall–Kier alpha value is -1.97. The van der Waals surface area contributed by atoms with Crippen LogP contribution in [-0.2, 0) is 0 Å². The second kappa shape index (κ2) is 4.91. The second-order valence-electron chi connectivity index (χ2n) is 2.97. The molecule has 1 heterocycles. The van der Waals surface area contributed by atoms with E-state index in [9.17, 15) is 4.79 Å². The molecule has 1 aromatic carbocycles. The van der Waals surface area contributed by atoms with E-state index in [2.05, 4.69) is 15.5 Å². The Labute approximate surface area is 106 Å². The number of carbonyl (C=O) groups excluding carboxylic acids is 1. The average molecular weight is 265 g/mol. The van der Waals surface area contributed by atoms with Crippen LogP contribution in [0.2, 0.25) is 4.47 Å². The van der Waals surface area contributed by atoms with Crippen molar-refractivity contribution in [2.24, 2.45) is 0 Å². The van der Waals surface area contributed by atoms with Crippen molar-refractivity contribution in [3.05, 3.63) is 39.3 Å². The topological polar surface area (TPSA) is 78.7 Å². The minimum absolute atomic E-state index is 0.155. The zero-order valence-corrected chi connectivity index (χ0v) is 9.92. The number of rotatable bonds is 2. The summed E-state index contributed by atoms with van der Waals surface area (Å²) >= 11 is 6.56. The highest BCUT2D eigenvalue weighted by Crippen LogP contribution is 2.18. The van der Waals surface area contributed by atoms with Gasteiger partial charge in [-0.1, -0.05) is 23.5 Å². The van der Waals surface area contributed by atoms with Crippen molar-refractivity contribution >= 4 is 34.5 Å².